The molecule has 0 aliphatic carbocycles. The molecule has 0 heterocycles. The van der Waals surface area contributed by atoms with Gasteiger partial charge in [0.25, 0.3) is 0 Å². The van der Waals surface area contributed by atoms with Crippen molar-refractivity contribution >= 4 is 15.9 Å². The van der Waals surface area contributed by atoms with E-state index < -0.39 is 6.17 Å². The standard InChI is InChI=1S/C6H10BrFN2/c1-4(7)2-5(8)3-6(9)10/h2,6H,1,3,9-10H2/b5-2+. The van der Waals surface area contributed by atoms with Gasteiger partial charge in [0.2, 0.25) is 0 Å². The van der Waals surface area contributed by atoms with Gasteiger partial charge in [0.1, 0.15) is 5.83 Å². The average Bonchev–Trinajstić information content (AvgIpc) is 1.58. The quantitative estimate of drug-likeness (QED) is 0.545. The molecule has 0 saturated carbocycles. The molecule has 10 heavy (non-hydrogen) atoms. The summed E-state index contributed by atoms with van der Waals surface area (Å²) in [7, 11) is 0. The predicted molar refractivity (Wildman–Crippen MR) is 44.0 cm³/mol. The highest BCUT2D eigenvalue weighted by atomic mass is 79.9. The average molecular weight is 209 g/mol. The van der Waals surface area contributed by atoms with Crippen LogP contribution in [0.4, 0.5) is 4.39 Å². The topological polar surface area (TPSA) is 52.0 Å². The minimum absolute atomic E-state index is 0.0463. The maximum absolute atomic E-state index is 12.5. The van der Waals surface area contributed by atoms with E-state index >= 15 is 0 Å². The molecule has 0 aromatic heterocycles. The van der Waals surface area contributed by atoms with Crippen LogP contribution in [-0.2, 0) is 0 Å². The highest BCUT2D eigenvalue weighted by Gasteiger charge is 1.99. The first-order valence-electron chi connectivity index (χ1n) is 2.74. The molecule has 0 aliphatic heterocycles. The molecule has 0 rings (SSSR count). The zero-order valence-corrected chi connectivity index (χ0v) is 7.07. The molecule has 0 saturated heterocycles. The molecule has 0 aliphatic rings. The van der Waals surface area contributed by atoms with Crippen molar-refractivity contribution in [2.24, 2.45) is 11.5 Å². The van der Waals surface area contributed by atoms with Crippen molar-refractivity contribution in [3.8, 4) is 0 Å². The lowest BCUT2D eigenvalue weighted by Crippen LogP contribution is -2.30. The largest absolute Gasteiger partial charge is 0.316 e. The highest BCUT2D eigenvalue weighted by molar-refractivity contribution is 9.11. The second kappa shape index (κ2) is 4.60. The third kappa shape index (κ3) is 5.94. The fourth-order valence-electron chi connectivity index (χ4n) is 0.454. The Kier molecular flexibility index (Phi) is 4.51. The Morgan fingerprint density at radius 1 is 1.70 bits per heavy atom. The molecule has 0 bridgehead atoms. The van der Waals surface area contributed by atoms with Gasteiger partial charge in [-0.15, -0.1) is 0 Å². The van der Waals surface area contributed by atoms with Gasteiger partial charge in [0.05, 0.1) is 6.17 Å². The SMILES string of the molecule is C=C(Br)/C=C(/F)CC(N)N. The van der Waals surface area contributed by atoms with E-state index in [0.717, 1.165) is 0 Å². The van der Waals surface area contributed by atoms with Crippen LogP contribution in [0.3, 0.4) is 0 Å². The van der Waals surface area contributed by atoms with Crippen LogP contribution in [-0.4, -0.2) is 6.17 Å². The van der Waals surface area contributed by atoms with Crippen molar-refractivity contribution in [3.63, 3.8) is 0 Å². The summed E-state index contributed by atoms with van der Waals surface area (Å²) in [5, 5.41) is 0. The minimum atomic E-state index is -0.636. The van der Waals surface area contributed by atoms with Gasteiger partial charge in [-0.25, -0.2) is 4.39 Å². The molecular weight excluding hydrogens is 199 g/mol. The Hall–Kier alpha value is -0.190. The molecule has 0 amide bonds. The lowest BCUT2D eigenvalue weighted by molar-refractivity contribution is 0.543. The summed E-state index contributed by atoms with van der Waals surface area (Å²) in [5.41, 5.74) is 10.2. The van der Waals surface area contributed by atoms with E-state index in [9.17, 15) is 4.39 Å². The van der Waals surface area contributed by atoms with Crippen molar-refractivity contribution in [2.75, 3.05) is 0 Å². The van der Waals surface area contributed by atoms with Gasteiger partial charge in [0, 0.05) is 10.9 Å². The summed E-state index contributed by atoms with van der Waals surface area (Å²) in [5.74, 6) is -0.364. The van der Waals surface area contributed by atoms with Gasteiger partial charge in [-0.1, -0.05) is 22.5 Å². The van der Waals surface area contributed by atoms with E-state index in [4.69, 9.17) is 11.5 Å². The van der Waals surface area contributed by atoms with E-state index in [1.165, 1.54) is 6.08 Å². The van der Waals surface area contributed by atoms with Crippen molar-refractivity contribution in [3.05, 3.63) is 23.0 Å². The molecule has 0 aromatic rings. The van der Waals surface area contributed by atoms with Crippen molar-refractivity contribution < 1.29 is 4.39 Å². The summed E-state index contributed by atoms with van der Waals surface area (Å²) >= 11 is 2.97. The van der Waals surface area contributed by atoms with Gasteiger partial charge >= 0.3 is 0 Å². The number of nitrogens with two attached hydrogens (primary N) is 2. The Balaban J connectivity index is 3.83. The van der Waals surface area contributed by atoms with Crippen molar-refractivity contribution in [1.29, 1.82) is 0 Å². The molecule has 4 N–H and O–H groups in total. The van der Waals surface area contributed by atoms with Crippen molar-refractivity contribution in [2.45, 2.75) is 12.6 Å². The second-order valence-electron chi connectivity index (χ2n) is 1.91. The second-order valence-corrected chi connectivity index (χ2v) is 2.92. The van der Waals surface area contributed by atoms with E-state index in [0.29, 0.717) is 4.48 Å². The Morgan fingerprint density at radius 3 is 2.50 bits per heavy atom. The van der Waals surface area contributed by atoms with Gasteiger partial charge < -0.3 is 11.5 Å². The lowest BCUT2D eigenvalue weighted by atomic mass is 10.3. The minimum Gasteiger partial charge on any atom is -0.316 e. The lowest BCUT2D eigenvalue weighted by Gasteiger charge is -2.00. The third-order valence-electron chi connectivity index (χ3n) is 0.744. The number of halogens is 2. The van der Waals surface area contributed by atoms with Gasteiger partial charge in [0.15, 0.2) is 0 Å². The van der Waals surface area contributed by atoms with Crippen LogP contribution in [0.25, 0.3) is 0 Å². The molecule has 4 heteroatoms. The van der Waals surface area contributed by atoms with E-state index in [1.54, 1.807) is 0 Å². The molecular formula is C6H10BrFN2. The smallest absolute Gasteiger partial charge is 0.104 e. The molecule has 0 unspecified atom stereocenters. The molecule has 2 nitrogen and oxygen atoms in total. The fourth-order valence-corrected chi connectivity index (χ4v) is 0.702. The first kappa shape index (κ1) is 9.81. The van der Waals surface area contributed by atoms with Crippen molar-refractivity contribution in [1.82, 2.24) is 0 Å². The number of allylic oxidation sites excluding steroid dienone is 2. The summed E-state index contributed by atoms with van der Waals surface area (Å²) in [6.45, 7) is 3.42. The van der Waals surface area contributed by atoms with E-state index in [2.05, 4.69) is 22.5 Å². The number of hydrogen-bond donors (Lipinski definition) is 2. The van der Waals surface area contributed by atoms with Crippen LogP contribution in [0.5, 0.6) is 0 Å². The Bertz CT molecular complexity index is 154. The van der Waals surface area contributed by atoms with Crippen LogP contribution in [0.2, 0.25) is 0 Å². The summed E-state index contributed by atoms with van der Waals surface area (Å²) in [6, 6.07) is 0. The van der Waals surface area contributed by atoms with Crippen LogP contribution in [0.1, 0.15) is 6.42 Å². The highest BCUT2D eigenvalue weighted by Crippen LogP contribution is 2.10. The fraction of sp³-hybridized carbons (Fsp3) is 0.333. The molecule has 58 valence electrons. The van der Waals surface area contributed by atoms with Crippen LogP contribution in [0.15, 0.2) is 23.0 Å². The molecule has 0 radical (unpaired) electrons. The summed E-state index contributed by atoms with van der Waals surface area (Å²) in [6.07, 6.45) is 0.653. The van der Waals surface area contributed by atoms with Gasteiger partial charge in [-0.3, -0.25) is 0 Å². The number of hydrogen-bond acceptors (Lipinski definition) is 2. The molecule has 0 fully saturated rings. The molecule has 0 spiro atoms. The van der Waals surface area contributed by atoms with Crippen LogP contribution >= 0.6 is 15.9 Å². The maximum Gasteiger partial charge on any atom is 0.104 e. The monoisotopic (exact) mass is 208 g/mol. The summed E-state index contributed by atoms with van der Waals surface area (Å²) in [4.78, 5) is 0. The molecule has 0 atom stereocenters. The first-order valence-corrected chi connectivity index (χ1v) is 3.53. The zero-order chi connectivity index (χ0) is 8.15. The van der Waals surface area contributed by atoms with Crippen LogP contribution < -0.4 is 11.5 Å². The predicted octanol–water partition coefficient (Wildman–Crippen LogP) is 1.38. The normalized spacial score (nSPS) is 12.3. The van der Waals surface area contributed by atoms with Gasteiger partial charge in [-0.05, 0) is 6.08 Å². The number of rotatable bonds is 3. The molecule has 0 aromatic carbocycles. The van der Waals surface area contributed by atoms with Gasteiger partial charge in [-0.2, -0.15) is 0 Å². The maximum atomic E-state index is 12.5. The Morgan fingerprint density at radius 2 is 2.20 bits per heavy atom. The zero-order valence-electron chi connectivity index (χ0n) is 5.48. The third-order valence-corrected chi connectivity index (χ3v) is 0.973. The summed E-state index contributed by atoms with van der Waals surface area (Å²) < 4.78 is 13.0. The van der Waals surface area contributed by atoms with E-state index in [-0.39, 0.29) is 12.2 Å². The van der Waals surface area contributed by atoms with Crippen LogP contribution in [0, 0.1) is 0 Å². The van der Waals surface area contributed by atoms with E-state index in [1.807, 2.05) is 0 Å². The first-order chi connectivity index (χ1) is 4.52. The Labute approximate surface area is 67.9 Å².